The third-order valence-corrected chi connectivity index (χ3v) is 2.08. The fourth-order valence-electron chi connectivity index (χ4n) is 1.31. The molecule has 0 radical (unpaired) electrons. The molecule has 1 rings (SSSR count). The van der Waals surface area contributed by atoms with Crippen LogP contribution in [0.1, 0.15) is 17.3 Å². The highest BCUT2D eigenvalue weighted by Crippen LogP contribution is 2.09. The van der Waals surface area contributed by atoms with Crippen LogP contribution in [0.25, 0.3) is 0 Å². The topological polar surface area (TPSA) is 63.4 Å². The van der Waals surface area contributed by atoms with Crippen LogP contribution >= 0.6 is 0 Å². The van der Waals surface area contributed by atoms with Gasteiger partial charge in [-0.3, -0.25) is 14.5 Å². The number of amides is 2. The largest absolute Gasteiger partial charge is 0.329 e. The van der Waals surface area contributed by atoms with Crippen LogP contribution < -0.4 is 5.73 Å². The molecule has 0 fully saturated rings. The zero-order chi connectivity index (χ0) is 12.1. The van der Waals surface area contributed by atoms with Gasteiger partial charge < -0.3 is 5.73 Å². The third kappa shape index (κ3) is 2.64. The maximum atomic E-state index is 13.3. The van der Waals surface area contributed by atoms with E-state index in [1.54, 1.807) is 0 Å². The summed E-state index contributed by atoms with van der Waals surface area (Å²) in [7, 11) is 0. The van der Waals surface area contributed by atoms with Crippen molar-refractivity contribution in [1.82, 2.24) is 4.90 Å². The van der Waals surface area contributed by atoms with Gasteiger partial charge in [0, 0.05) is 20.0 Å². The summed E-state index contributed by atoms with van der Waals surface area (Å²) < 4.78 is 13.3. The maximum Gasteiger partial charge on any atom is 0.263 e. The molecule has 2 N–H and O–H groups in total. The smallest absolute Gasteiger partial charge is 0.263 e. The molecule has 0 unspecified atom stereocenters. The number of rotatable bonds is 3. The van der Waals surface area contributed by atoms with Crippen LogP contribution in [0.3, 0.4) is 0 Å². The fraction of sp³-hybridized carbons (Fsp3) is 0.273. The number of imide groups is 1. The summed E-state index contributed by atoms with van der Waals surface area (Å²) in [5.41, 5.74) is 5.16. The second-order valence-electron chi connectivity index (χ2n) is 3.24. The van der Waals surface area contributed by atoms with Crippen LogP contribution in [-0.2, 0) is 4.79 Å². The number of nitrogens with zero attached hydrogens (tertiary/aromatic N) is 1. The number of hydrogen-bond acceptors (Lipinski definition) is 3. The second-order valence-corrected chi connectivity index (χ2v) is 3.24. The van der Waals surface area contributed by atoms with Gasteiger partial charge in [-0.1, -0.05) is 12.1 Å². The van der Waals surface area contributed by atoms with Crippen molar-refractivity contribution >= 4 is 11.8 Å². The van der Waals surface area contributed by atoms with E-state index in [1.165, 1.54) is 31.2 Å². The molecule has 0 saturated heterocycles. The quantitative estimate of drug-likeness (QED) is 0.825. The van der Waals surface area contributed by atoms with E-state index in [9.17, 15) is 14.0 Å². The van der Waals surface area contributed by atoms with Gasteiger partial charge in [-0.15, -0.1) is 0 Å². The molecule has 0 heterocycles. The average Bonchev–Trinajstić information content (AvgIpc) is 2.25. The van der Waals surface area contributed by atoms with E-state index in [-0.39, 0.29) is 18.7 Å². The van der Waals surface area contributed by atoms with E-state index in [2.05, 4.69) is 0 Å². The zero-order valence-corrected chi connectivity index (χ0v) is 8.94. The molecule has 0 aliphatic heterocycles. The molecule has 86 valence electrons. The minimum Gasteiger partial charge on any atom is -0.329 e. The van der Waals surface area contributed by atoms with Crippen molar-refractivity contribution < 1.29 is 14.0 Å². The molecule has 0 aromatic heterocycles. The van der Waals surface area contributed by atoms with Gasteiger partial charge >= 0.3 is 0 Å². The van der Waals surface area contributed by atoms with Gasteiger partial charge in [0.05, 0.1) is 5.56 Å². The normalized spacial score (nSPS) is 9.94. The lowest BCUT2D eigenvalue weighted by Gasteiger charge is -2.18. The molecular formula is C11H13FN2O2. The van der Waals surface area contributed by atoms with Gasteiger partial charge in [0.25, 0.3) is 5.91 Å². The van der Waals surface area contributed by atoms with Crippen molar-refractivity contribution in [3.63, 3.8) is 0 Å². The summed E-state index contributed by atoms with van der Waals surface area (Å²) >= 11 is 0. The predicted molar refractivity (Wildman–Crippen MR) is 57.2 cm³/mol. The summed E-state index contributed by atoms with van der Waals surface area (Å²) in [5.74, 6) is -1.74. The molecule has 4 nitrogen and oxygen atoms in total. The van der Waals surface area contributed by atoms with E-state index in [0.717, 1.165) is 4.90 Å². The minimum absolute atomic E-state index is 0.0858. The summed E-state index contributed by atoms with van der Waals surface area (Å²) in [6, 6.07) is 5.53. The Kier molecular flexibility index (Phi) is 4.13. The lowest BCUT2D eigenvalue weighted by atomic mass is 10.2. The Labute approximate surface area is 92.8 Å². The molecule has 0 aliphatic carbocycles. The molecule has 1 aromatic carbocycles. The van der Waals surface area contributed by atoms with Gasteiger partial charge in [0.15, 0.2) is 0 Å². The molecule has 1 aromatic rings. The van der Waals surface area contributed by atoms with E-state index >= 15 is 0 Å². The Morgan fingerprint density at radius 2 is 2.00 bits per heavy atom. The zero-order valence-electron chi connectivity index (χ0n) is 8.94. The number of nitrogens with two attached hydrogens (primary N) is 1. The van der Waals surface area contributed by atoms with Crippen LogP contribution in [0.4, 0.5) is 4.39 Å². The molecule has 0 bridgehead atoms. The van der Waals surface area contributed by atoms with E-state index in [0.29, 0.717) is 0 Å². The van der Waals surface area contributed by atoms with Crippen LogP contribution in [0.15, 0.2) is 24.3 Å². The van der Waals surface area contributed by atoms with Crippen molar-refractivity contribution in [1.29, 1.82) is 0 Å². The predicted octanol–water partition coefficient (Wildman–Crippen LogP) is 0.773. The van der Waals surface area contributed by atoms with Crippen LogP contribution in [0, 0.1) is 5.82 Å². The first-order valence-electron chi connectivity index (χ1n) is 4.85. The van der Waals surface area contributed by atoms with Gasteiger partial charge in [-0.25, -0.2) is 4.39 Å². The van der Waals surface area contributed by atoms with Crippen molar-refractivity contribution in [2.24, 2.45) is 5.73 Å². The van der Waals surface area contributed by atoms with Gasteiger partial charge in [-0.05, 0) is 12.1 Å². The Bertz CT molecular complexity index is 407. The Hall–Kier alpha value is -1.75. The maximum absolute atomic E-state index is 13.3. The van der Waals surface area contributed by atoms with Crippen molar-refractivity contribution in [3.05, 3.63) is 35.6 Å². The number of carbonyl (C=O) groups is 2. The first-order valence-corrected chi connectivity index (χ1v) is 4.85. The van der Waals surface area contributed by atoms with E-state index in [4.69, 9.17) is 5.73 Å². The van der Waals surface area contributed by atoms with Crippen LogP contribution in [0.2, 0.25) is 0 Å². The molecule has 0 atom stereocenters. The Morgan fingerprint density at radius 1 is 1.38 bits per heavy atom. The lowest BCUT2D eigenvalue weighted by molar-refractivity contribution is -0.126. The van der Waals surface area contributed by atoms with E-state index < -0.39 is 17.6 Å². The highest BCUT2D eigenvalue weighted by Gasteiger charge is 2.21. The monoisotopic (exact) mass is 224 g/mol. The standard InChI is InChI=1S/C11H13FN2O2/c1-8(15)14(7-6-13)11(16)9-4-2-3-5-10(9)12/h2-5H,6-7,13H2,1H3. The lowest BCUT2D eigenvalue weighted by Crippen LogP contribution is -2.39. The number of carbonyl (C=O) groups excluding carboxylic acids is 2. The van der Waals surface area contributed by atoms with Crippen molar-refractivity contribution in [2.75, 3.05) is 13.1 Å². The van der Waals surface area contributed by atoms with Crippen molar-refractivity contribution in [2.45, 2.75) is 6.92 Å². The van der Waals surface area contributed by atoms with Crippen LogP contribution in [0.5, 0.6) is 0 Å². The average molecular weight is 224 g/mol. The molecule has 5 heteroatoms. The number of benzene rings is 1. The Balaban J connectivity index is 2.99. The summed E-state index contributed by atoms with van der Waals surface area (Å²) in [6.07, 6.45) is 0. The molecule has 0 saturated carbocycles. The number of halogens is 1. The third-order valence-electron chi connectivity index (χ3n) is 2.08. The highest BCUT2D eigenvalue weighted by atomic mass is 19.1. The van der Waals surface area contributed by atoms with E-state index in [1.807, 2.05) is 0 Å². The molecule has 2 amide bonds. The number of hydrogen-bond donors (Lipinski definition) is 1. The summed E-state index contributed by atoms with van der Waals surface area (Å²) in [5, 5.41) is 0. The molecular weight excluding hydrogens is 211 g/mol. The first-order chi connectivity index (χ1) is 7.57. The first kappa shape index (κ1) is 12.3. The molecule has 0 aliphatic rings. The minimum atomic E-state index is -0.656. The highest BCUT2D eigenvalue weighted by molar-refractivity contribution is 6.04. The van der Waals surface area contributed by atoms with Crippen molar-refractivity contribution in [3.8, 4) is 0 Å². The van der Waals surface area contributed by atoms with Gasteiger partial charge in [-0.2, -0.15) is 0 Å². The van der Waals surface area contributed by atoms with Gasteiger partial charge in [0.1, 0.15) is 5.82 Å². The SMILES string of the molecule is CC(=O)N(CCN)C(=O)c1ccccc1F. The summed E-state index contributed by atoms with van der Waals surface area (Å²) in [4.78, 5) is 23.9. The molecule has 16 heavy (non-hydrogen) atoms. The summed E-state index contributed by atoms with van der Waals surface area (Å²) in [6.45, 7) is 1.48. The Morgan fingerprint density at radius 3 is 2.50 bits per heavy atom. The van der Waals surface area contributed by atoms with Crippen LogP contribution in [-0.4, -0.2) is 29.8 Å². The van der Waals surface area contributed by atoms with Gasteiger partial charge in [0.2, 0.25) is 5.91 Å². The molecule has 0 spiro atoms. The second kappa shape index (κ2) is 5.37. The fourth-order valence-corrected chi connectivity index (χ4v) is 1.31.